The van der Waals surface area contributed by atoms with Crippen molar-refractivity contribution in [3.63, 3.8) is 0 Å². The third-order valence-corrected chi connectivity index (χ3v) is 6.00. The molecule has 7 heteroatoms. The van der Waals surface area contributed by atoms with Crippen LogP contribution in [0.25, 0.3) is 0 Å². The second-order valence-electron chi connectivity index (χ2n) is 6.37. The van der Waals surface area contributed by atoms with Crippen LogP contribution in [-0.2, 0) is 16.6 Å². The van der Waals surface area contributed by atoms with Gasteiger partial charge in [-0.05, 0) is 25.7 Å². The lowest BCUT2D eigenvalue weighted by atomic mass is 9.97. The molecule has 2 atom stereocenters. The van der Waals surface area contributed by atoms with Gasteiger partial charge in [-0.1, -0.05) is 20.8 Å². The molecule has 0 aromatic carbocycles. The first-order chi connectivity index (χ1) is 9.82. The number of sulfonamides is 1. The number of hydrogen-bond acceptors (Lipinski definition) is 4. The summed E-state index contributed by atoms with van der Waals surface area (Å²) in [5.41, 5.74) is 0.703. The molecule has 0 amide bonds. The largest absolute Gasteiger partial charge is 0.310 e. The Labute approximate surface area is 127 Å². The molecular formula is C14H26N4O2S. The molecule has 0 saturated carbocycles. The van der Waals surface area contributed by atoms with E-state index in [1.165, 1.54) is 0 Å². The molecule has 1 aliphatic rings. The molecule has 1 aromatic rings. The Morgan fingerprint density at radius 2 is 2.14 bits per heavy atom. The lowest BCUT2D eigenvalue weighted by Crippen LogP contribution is -2.45. The van der Waals surface area contributed by atoms with Crippen LogP contribution in [0.1, 0.15) is 46.1 Å². The van der Waals surface area contributed by atoms with Gasteiger partial charge in [-0.2, -0.15) is 9.40 Å². The van der Waals surface area contributed by atoms with Gasteiger partial charge in [0.05, 0.1) is 6.20 Å². The highest BCUT2D eigenvalue weighted by Crippen LogP contribution is 2.28. The predicted octanol–water partition coefficient (Wildman–Crippen LogP) is 1.72. The van der Waals surface area contributed by atoms with Gasteiger partial charge >= 0.3 is 0 Å². The van der Waals surface area contributed by atoms with Crippen molar-refractivity contribution in [1.82, 2.24) is 19.8 Å². The molecule has 0 aliphatic carbocycles. The van der Waals surface area contributed by atoms with Crippen molar-refractivity contribution in [2.45, 2.75) is 64.2 Å². The lowest BCUT2D eigenvalue weighted by Gasteiger charge is -2.35. The van der Waals surface area contributed by atoms with E-state index in [4.69, 9.17) is 0 Å². The van der Waals surface area contributed by atoms with E-state index in [-0.39, 0.29) is 11.1 Å². The topological polar surface area (TPSA) is 78.1 Å². The molecule has 120 valence electrons. The van der Waals surface area contributed by atoms with Crippen molar-refractivity contribution >= 4 is 10.0 Å². The standard InChI is InChI=1S/C14H26N4O2S/c1-10(2)15-7-13-8-16-17-14(13)21(19,20)18-9-11(3)5-6-12(18)4/h8,10-12,15H,5-7,9H2,1-4H3,(H,16,17). The molecule has 0 radical (unpaired) electrons. The first kappa shape index (κ1) is 16.5. The Bertz CT molecular complexity index is 567. The maximum atomic E-state index is 12.9. The van der Waals surface area contributed by atoms with E-state index < -0.39 is 10.0 Å². The van der Waals surface area contributed by atoms with Crippen molar-refractivity contribution in [2.24, 2.45) is 5.92 Å². The van der Waals surface area contributed by atoms with E-state index in [1.807, 2.05) is 20.8 Å². The van der Waals surface area contributed by atoms with Crippen LogP contribution >= 0.6 is 0 Å². The summed E-state index contributed by atoms with van der Waals surface area (Å²) in [4.78, 5) is 0. The minimum absolute atomic E-state index is 0.0420. The average Bonchev–Trinajstić information content (AvgIpc) is 2.88. The van der Waals surface area contributed by atoms with Crippen LogP contribution < -0.4 is 5.32 Å². The molecule has 2 unspecified atom stereocenters. The Balaban J connectivity index is 2.25. The number of nitrogens with zero attached hydrogens (tertiary/aromatic N) is 2. The highest BCUT2D eigenvalue weighted by Gasteiger charge is 2.35. The monoisotopic (exact) mass is 314 g/mol. The number of H-pyrrole nitrogens is 1. The van der Waals surface area contributed by atoms with E-state index in [9.17, 15) is 8.42 Å². The van der Waals surface area contributed by atoms with Crippen LogP contribution in [0.5, 0.6) is 0 Å². The summed E-state index contributed by atoms with van der Waals surface area (Å²) in [7, 11) is -3.50. The second-order valence-corrected chi connectivity index (χ2v) is 8.19. The van der Waals surface area contributed by atoms with Crippen LogP contribution in [0.4, 0.5) is 0 Å². The van der Waals surface area contributed by atoms with Gasteiger partial charge in [-0.3, -0.25) is 5.10 Å². The number of aromatic amines is 1. The van der Waals surface area contributed by atoms with Gasteiger partial charge in [-0.15, -0.1) is 0 Å². The fraction of sp³-hybridized carbons (Fsp3) is 0.786. The SMILES string of the molecule is CC1CCC(C)N(S(=O)(=O)c2[nH]ncc2CNC(C)C)C1. The zero-order valence-electron chi connectivity index (χ0n) is 13.3. The maximum absolute atomic E-state index is 12.9. The summed E-state index contributed by atoms with van der Waals surface area (Å²) >= 11 is 0. The summed E-state index contributed by atoms with van der Waals surface area (Å²) in [6.45, 7) is 9.22. The normalized spacial score (nSPS) is 24.6. The van der Waals surface area contributed by atoms with E-state index >= 15 is 0 Å². The molecule has 0 bridgehead atoms. The first-order valence-electron chi connectivity index (χ1n) is 7.59. The third kappa shape index (κ3) is 3.64. The van der Waals surface area contributed by atoms with Crippen molar-refractivity contribution in [2.75, 3.05) is 6.54 Å². The van der Waals surface area contributed by atoms with Gasteiger partial charge in [0, 0.05) is 30.7 Å². The number of rotatable bonds is 5. The van der Waals surface area contributed by atoms with Gasteiger partial charge in [-0.25, -0.2) is 8.42 Å². The molecule has 1 saturated heterocycles. The summed E-state index contributed by atoms with van der Waals surface area (Å²) < 4.78 is 27.4. The van der Waals surface area contributed by atoms with Gasteiger partial charge in [0.15, 0.2) is 5.03 Å². The number of hydrogen-bond donors (Lipinski definition) is 2. The van der Waals surface area contributed by atoms with Crippen LogP contribution in [-0.4, -0.2) is 41.5 Å². The maximum Gasteiger partial charge on any atom is 0.260 e. The molecule has 2 heterocycles. The van der Waals surface area contributed by atoms with Crippen LogP contribution in [0, 0.1) is 5.92 Å². The lowest BCUT2D eigenvalue weighted by molar-refractivity contribution is 0.217. The fourth-order valence-corrected chi connectivity index (χ4v) is 4.55. The van der Waals surface area contributed by atoms with Gasteiger partial charge < -0.3 is 5.32 Å². The molecule has 1 fully saturated rings. The molecule has 2 N–H and O–H groups in total. The first-order valence-corrected chi connectivity index (χ1v) is 9.03. The van der Waals surface area contributed by atoms with Crippen molar-refractivity contribution in [3.05, 3.63) is 11.8 Å². The predicted molar refractivity (Wildman–Crippen MR) is 82.3 cm³/mol. The average molecular weight is 314 g/mol. The minimum Gasteiger partial charge on any atom is -0.310 e. The van der Waals surface area contributed by atoms with E-state index in [2.05, 4.69) is 22.4 Å². The van der Waals surface area contributed by atoms with Gasteiger partial charge in [0.25, 0.3) is 10.0 Å². The Morgan fingerprint density at radius 1 is 1.43 bits per heavy atom. The molecule has 2 rings (SSSR count). The molecule has 1 aromatic heterocycles. The Morgan fingerprint density at radius 3 is 2.81 bits per heavy atom. The zero-order chi connectivity index (χ0) is 15.6. The third-order valence-electron chi connectivity index (χ3n) is 4.01. The van der Waals surface area contributed by atoms with Crippen molar-refractivity contribution in [3.8, 4) is 0 Å². The van der Waals surface area contributed by atoms with E-state index in [1.54, 1.807) is 10.5 Å². The van der Waals surface area contributed by atoms with Crippen LogP contribution in [0.15, 0.2) is 11.2 Å². The Hall–Kier alpha value is -0.920. The van der Waals surface area contributed by atoms with E-state index in [0.717, 1.165) is 12.8 Å². The summed E-state index contributed by atoms with van der Waals surface area (Å²) in [6, 6.07) is 0.338. The number of piperidine rings is 1. The molecule has 21 heavy (non-hydrogen) atoms. The summed E-state index contributed by atoms with van der Waals surface area (Å²) in [5.74, 6) is 0.399. The quantitative estimate of drug-likeness (QED) is 0.867. The highest BCUT2D eigenvalue weighted by atomic mass is 32.2. The molecule has 6 nitrogen and oxygen atoms in total. The smallest absolute Gasteiger partial charge is 0.260 e. The Kier molecular flexibility index (Phi) is 5.06. The minimum atomic E-state index is -3.50. The van der Waals surface area contributed by atoms with Gasteiger partial charge in [0.1, 0.15) is 0 Å². The molecular weight excluding hydrogens is 288 g/mol. The van der Waals surface area contributed by atoms with E-state index in [0.29, 0.717) is 30.6 Å². The van der Waals surface area contributed by atoms with Crippen molar-refractivity contribution < 1.29 is 8.42 Å². The fourth-order valence-electron chi connectivity index (χ4n) is 2.66. The van der Waals surface area contributed by atoms with Crippen LogP contribution in [0.3, 0.4) is 0 Å². The van der Waals surface area contributed by atoms with Gasteiger partial charge in [0.2, 0.25) is 0 Å². The van der Waals surface area contributed by atoms with Crippen molar-refractivity contribution in [1.29, 1.82) is 0 Å². The molecule has 1 aliphatic heterocycles. The second kappa shape index (κ2) is 6.46. The molecule has 0 spiro atoms. The summed E-state index contributed by atoms with van der Waals surface area (Å²) in [6.07, 6.45) is 3.59. The summed E-state index contributed by atoms with van der Waals surface area (Å²) in [5, 5.41) is 10.1. The zero-order valence-corrected chi connectivity index (χ0v) is 14.1. The number of aromatic nitrogens is 2. The van der Waals surface area contributed by atoms with Crippen LogP contribution in [0.2, 0.25) is 0 Å². The number of nitrogens with one attached hydrogen (secondary N) is 2. The highest BCUT2D eigenvalue weighted by molar-refractivity contribution is 7.89.